The van der Waals surface area contributed by atoms with Crippen molar-refractivity contribution in [1.82, 2.24) is 14.5 Å². The maximum atomic E-state index is 12.7. The average Bonchev–Trinajstić information content (AvgIpc) is 2.94. The molecule has 4 nitrogen and oxygen atoms in total. The molecular weight excluding hydrogens is 250 g/mol. The van der Waals surface area contributed by atoms with Crippen molar-refractivity contribution in [3.63, 3.8) is 0 Å². The summed E-state index contributed by atoms with van der Waals surface area (Å²) in [5.74, 6) is 1.62. The third-order valence-corrected chi connectivity index (χ3v) is 4.16. The molecule has 4 heteroatoms. The van der Waals surface area contributed by atoms with Gasteiger partial charge < -0.3 is 9.47 Å². The van der Waals surface area contributed by atoms with Crippen molar-refractivity contribution >= 4 is 5.91 Å². The summed E-state index contributed by atoms with van der Waals surface area (Å²) in [5, 5.41) is 0. The first-order valence-electron chi connectivity index (χ1n) is 8.05. The van der Waals surface area contributed by atoms with Crippen LogP contribution in [0.4, 0.5) is 0 Å². The number of carbonyl (C=O) groups excluding carboxylic acids is 1. The highest BCUT2D eigenvalue weighted by Gasteiger charge is 2.28. The second-order valence-electron chi connectivity index (χ2n) is 5.76. The molecule has 1 aromatic rings. The number of amides is 1. The molecule has 0 bridgehead atoms. The molecule has 1 atom stereocenters. The molecule has 1 aliphatic rings. The zero-order valence-corrected chi connectivity index (χ0v) is 12.8. The highest BCUT2D eigenvalue weighted by Crippen LogP contribution is 2.21. The second-order valence-corrected chi connectivity index (χ2v) is 5.76. The number of hydrogen-bond acceptors (Lipinski definition) is 2. The van der Waals surface area contributed by atoms with E-state index in [9.17, 15) is 4.79 Å². The second kappa shape index (κ2) is 7.46. The summed E-state index contributed by atoms with van der Waals surface area (Å²) in [7, 11) is 0. The fourth-order valence-corrected chi connectivity index (χ4v) is 2.86. The molecular formula is C16H27N3O. The van der Waals surface area contributed by atoms with Gasteiger partial charge in [0, 0.05) is 38.4 Å². The highest BCUT2D eigenvalue weighted by molar-refractivity contribution is 5.79. The van der Waals surface area contributed by atoms with Gasteiger partial charge in [-0.1, -0.05) is 26.7 Å². The van der Waals surface area contributed by atoms with Gasteiger partial charge in [0.05, 0.1) is 5.92 Å². The van der Waals surface area contributed by atoms with Crippen LogP contribution in [0.3, 0.4) is 0 Å². The molecule has 2 heterocycles. The van der Waals surface area contributed by atoms with Gasteiger partial charge in [-0.2, -0.15) is 0 Å². The summed E-state index contributed by atoms with van der Waals surface area (Å²) in [6.07, 6.45) is 10.2. The Morgan fingerprint density at radius 3 is 2.70 bits per heavy atom. The lowest BCUT2D eigenvalue weighted by Crippen LogP contribution is -2.40. The number of imidazole rings is 1. The van der Waals surface area contributed by atoms with Crippen molar-refractivity contribution in [3.8, 4) is 0 Å². The minimum Gasteiger partial charge on any atom is -0.342 e. The maximum absolute atomic E-state index is 12.7. The minimum absolute atomic E-state index is 0.144. The van der Waals surface area contributed by atoms with E-state index in [-0.39, 0.29) is 5.92 Å². The Bertz CT molecular complexity index is 419. The van der Waals surface area contributed by atoms with Gasteiger partial charge in [0.2, 0.25) is 5.91 Å². The van der Waals surface area contributed by atoms with Crippen LogP contribution in [0.15, 0.2) is 12.4 Å². The molecule has 0 spiro atoms. The van der Waals surface area contributed by atoms with Crippen LogP contribution in [0.1, 0.15) is 51.8 Å². The Kier molecular flexibility index (Phi) is 5.62. The van der Waals surface area contributed by atoms with Crippen molar-refractivity contribution in [3.05, 3.63) is 18.2 Å². The molecule has 2 rings (SSSR count). The number of hydrogen-bond donors (Lipinski definition) is 0. The van der Waals surface area contributed by atoms with Gasteiger partial charge in [-0.25, -0.2) is 4.98 Å². The van der Waals surface area contributed by atoms with Crippen molar-refractivity contribution in [2.24, 2.45) is 5.92 Å². The Hall–Kier alpha value is -1.32. The van der Waals surface area contributed by atoms with Crippen LogP contribution in [0.5, 0.6) is 0 Å². The summed E-state index contributed by atoms with van der Waals surface area (Å²) in [4.78, 5) is 19.2. The highest BCUT2D eigenvalue weighted by atomic mass is 16.2. The number of nitrogens with zero attached hydrogens (tertiary/aromatic N) is 3. The van der Waals surface area contributed by atoms with Gasteiger partial charge in [-0.05, 0) is 19.3 Å². The summed E-state index contributed by atoms with van der Waals surface area (Å²) < 4.78 is 2.14. The minimum atomic E-state index is 0.144. The van der Waals surface area contributed by atoms with E-state index in [1.165, 1.54) is 0 Å². The zero-order chi connectivity index (χ0) is 14.4. The molecule has 1 amide bonds. The molecule has 1 aliphatic heterocycles. The third kappa shape index (κ3) is 3.62. The van der Waals surface area contributed by atoms with E-state index in [2.05, 4.69) is 28.3 Å². The normalized spacial score (nSPS) is 17.8. The first kappa shape index (κ1) is 15.1. The lowest BCUT2D eigenvalue weighted by atomic mass is 9.97. The van der Waals surface area contributed by atoms with Crippen LogP contribution in [-0.4, -0.2) is 33.4 Å². The lowest BCUT2D eigenvalue weighted by molar-refractivity contribution is -0.136. The van der Waals surface area contributed by atoms with E-state index < -0.39 is 0 Å². The number of unbranched alkanes of at least 4 members (excludes halogenated alkanes) is 2. The summed E-state index contributed by atoms with van der Waals surface area (Å²) in [6.45, 7) is 7.01. The molecule has 0 aromatic carbocycles. The van der Waals surface area contributed by atoms with Gasteiger partial charge in [0.15, 0.2) is 0 Å². The van der Waals surface area contributed by atoms with E-state index in [0.29, 0.717) is 5.91 Å². The average molecular weight is 277 g/mol. The summed E-state index contributed by atoms with van der Waals surface area (Å²) in [5.41, 5.74) is 0. The van der Waals surface area contributed by atoms with E-state index >= 15 is 0 Å². The predicted molar refractivity (Wildman–Crippen MR) is 80.4 cm³/mol. The molecule has 20 heavy (non-hydrogen) atoms. The quantitative estimate of drug-likeness (QED) is 0.768. The SMILES string of the molecule is CCCCN(CCCC)C(=O)C1CCc2nccn2C1. The van der Waals surface area contributed by atoms with E-state index in [1.54, 1.807) is 0 Å². The Morgan fingerprint density at radius 1 is 1.35 bits per heavy atom. The van der Waals surface area contributed by atoms with Crippen LogP contribution in [0, 0.1) is 5.92 Å². The standard InChI is InChI=1S/C16H27N3O/c1-3-5-10-18(11-6-4-2)16(20)14-7-8-15-17-9-12-19(15)13-14/h9,12,14H,3-8,10-11,13H2,1-2H3. The monoisotopic (exact) mass is 277 g/mol. The number of aryl methyl sites for hydroxylation is 1. The van der Waals surface area contributed by atoms with Crippen molar-refractivity contribution in [2.45, 2.75) is 58.9 Å². The molecule has 0 saturated carbocycles. The first-order chi connectivity index (χ1) is 9.76. The lowest BCUT2D eigenvalue weighted by Gasteiger charge is -2.30. The van der Waals surface area contributed by atoms with Crippen LogP contribution in [0.2, 0.25) is 0 Å². The molecule has 0 aliphatic carbocycles. The zero-order valence-electron chi connectivity index (χ0n) is 12.8. The summed E-state index contributed by atoms with van der Waals surface area (Å²) >= 11 is 0. The van der Waals surface area contributed by atoms with Gasteiger partial charge >= 0.3 is 0 Å². The fraction of sp³-hybridized carbons (Fsp3) is 0.750. The Morgan fingerprint density at radius 2 is 2.05 bits per heavy atom. The Labute approximate surface area is 122 Å². The fourth-order valence-electron chi connectivity index (χ4n) is 2.86. The number of aromatic nitrogens is 2. The molecule has 0 N–H and O–H groups in total. The van der Waals surface area contributed by atoms with Crippen LogP contribution in [-0.2, 0) is 17.8 Å². The van der Waals surface area contributed by atoms with Crippen LogP contribution < -0.4 is 0 Å². The Balaban J connectivity index is 1.96. The van der Waals surface area contributed by atoms with Crippen molar-refractivity contribution < 1.29 is 4.79 Å². The molecule has 1 aromatic heterocycles. The number of carbonyl (C=O) groups is 1. The number of rotatable bonds is 7. The molecule has 0 radical (unpaired) electrons. The van der Waals surface area contributed by atoms with Crippen molar-refractivity contribution in [2.75, 3.05) is 13.1 Å². The van der Waals surface area contributed by atoms with Gasteiger partial charge in [-0.3, -0.25) is 4.79 Å². The smallest absolute Gasteiger partial charge is 0.227 e. The third-order valence-electron chi connectivity index (χ3n) is 4.16. The van der Waals surface area contributed by atoms with Crippen LogP contribution >= 0.6 is 0 Å². The van der Waals surface area contributed by atoms with E-state index in [4.69, 9.17) is 0 Å². The topological polar surface area (TPSA) is 38.1 Å². The number of fused-ring (bicyclic) bond motifs is 1. The molecule has 0 saturated heterocycles. The van der Waals surface area contributed by atoms with Crippen LogP contribution in [0.25, 0.3) is 0 Å². The van der Waals surface area contributed by atoms with Gasteiger partial charge in [0.25, 0.3) is 0 Å². The molecule has 1 unspecified atom stereocenters. The summed E-state index contributed by atoms with van der Waals surface area (Å²) in [6, 6.07) is 0. The largest absolute Gasteiger partial charge is 0.342 e. The maximum Gasteiger partial charge on any atom is 0.227 e. The first-order valence-corrected chi connectivity index (χ1v) is 8.05. The van der Waals surface area contributed by atoms with Crippen molar-refractivity contribution in [1.29, 1.82) is 0 Å². The molecule has 0 fully saturated rings. The van der Waals surface area contributed by atoms with E-state index in [1.807, 2.05) is 12.4 Å². The van der Waals surface area contributed by atoms with E-state index in [0.717, 1.165) is 64.0 Å². The predicted octanol–water partition coefficient (Wildman–Crippen LogP) is 2.87. The molecule has 112 valence electrons. The van der Waals surface area contributed by atoms with Gasteiger partial charge in [-0.15, -0.1) is 0 Å². The van der Waals surface area contributed by atoms with Gasteiger partial charge in [0.1, 0.15) is 5.82 Å².